The first-order chi connectivity index (χ1) is 7.83. The van der Waals surface area contributed by atoms with E-state index in [-0.39, 0.29) is 0 Å². The second-order valence-corrected chi connectivity index (χ2v) is 4.38. The minimum absolute atomic E-state index is 0.740. The van der Waals surface area contributed by atoms with Gasteiger partial charge in [0.2, 0.25) is 0 Å². The van der Waals surface area contributed by atoms with E-state index in [1.54, 1.807) is 0 Å². The van der Waals surface area contributed by atoms with Gasteiger partial charge in [-0.25, -0.2) is 0 Å². The predicted molar refractivity (Wildman–Crippen MR) is 73.4 cm³/mol. The fourth-order valence-electron chi connectivity index (χ4n) is 1.48. The van der Waals surface area contributed by atoms with Crippen LogP contribution >= 0.6 is 0 Å². The Kier molecular flexibility index (Phi) is 22.3. The zero-order valence-electron chi connectivity index (χ0n) is 11.7. The minimum Gasteiger partial charge on any atom is -0.198 e. The zero-order valence-corrected chi connectivity index (χ0v) is 11.7. The molecule has 1 heteroatoms. The van der Waals surface area contributed by atoms with Gasteiger partial charge in [0.05, 0.1) is 6.07 Å². The van der Waals surface area contributed by atoms with Crippen molar-refractivity contribution in [2.75, 3.05) is 0 Å². The average Bonchev–Trinajstić information content (AvgIpc) is 2.31. The normalized spacial score (nSPS) is 9.12. The molecular weight excluding hydrogens is 194 g/mol. The summed E-state index contributed by atoms with van der Waals surface area (Å²) < 4.78 is 0. The second-order valence-electron chi connectivity index (χ2n) is 4.38. The van der Waals surface area contributed by atoms with Crippen LogP contribution in [-0.2, 0) is 0 Å². The molecule has 0 aromatic heterocycles. The van der Waals surface area contributed by atoms with Crippen LogP contribution in [-0.4, -0.2) is 0 Å². The largest absolute Gasteiger partial charge is 0.198 e. The molecule has 0 saturated heterocycles. The summed E-state index contributed by atoms with van der Waals surface area (Å²) in [6, 6.07) is 2.14. The molecular formula is C15H31N. The Balaban J connectivity index is 0. The van der Waals surface area contributed by atoms with Gasteiger partial charge in [0.25, 0.3) is 0 Å². The summed E-state index contributed by atoms with van der Waals surface area (Å²) in [6.45, 7) is 6.69. The Morgan fingerprint density at radius 3 is 1.38 bits per heavy atom. The van der Waals surface area contributed by atoms with Gasteiger partial charge in [-0.3, -0.25) is 0 Å². The third kappa shape index (κ3) is 23.4. The smallest absolute Gasteiger partial charge is 0.0621 e. The highest BCUT2D eigenvalue weighted by molar-refractivity contribution is 4.67. The monoisotopic (exact) mass is 225 g/mol. The summed E-state index contributed by atoms with van der Waals surface area (Å²) in [7, 11) is 0. The maximum absolute atomic E-state index is 8.17. The van der Waals surface area contributed by atoms with Gasteiger partial charge in [-0.1, -0.05) is 78.6 Å². The van der Waals surface area contributed by atoms with Gasteiger partial charge in [0.15, 0.2) is 0 Å². The minimum atomic E-state index is 0.740. The summed E-state index contributed by atoms with van der Waals surface area (Å²) in [5, 5.41) is 8.17. The first kappa shape index (κ1) is 17.9. The third-order valence-corrected chi connectivity index (χ3v) is 2.60. The molecule has 16 heavy (non-hydrogen) atoms. The van der Waals surface area contributed by atoms with Crippen LogP contribution in [0.2, 0.25) is 0 Å². The molecule has 0 bridgehead atoms. The molecule has 1 nitrogen and oxygen atoms in total. The molecule has 0 N–H and O–H groups in total. The number of nitriles is 1. The summed E-state index contributed by atoms with van der Waals surface area (Å²) in [5.41, 5.74) is 0. The highest BCUT2D eigenvalue weighted by Gasteiger charge is 1.85. The van der Waals surface area contributed by atoms with E-state index >= 15 is 0 Å². The predicted octanol–water partition coefficient (Wildman–Crippen LogP) is 5.85. The van der Waals surface area contributed by atoms with Gasteiger partial charge in [0.1, 0.15) is 0 Å². The first-order valence-electron chi connectivity index (χ1n) is 7.20. The van der Waals surface area contributed by atoms with E-state index in [1.165, 1.54) is 57.8 Å². The summed E-state index contributed by atoms with van der Waals surface area (Å²) in [5.74, 6) is 0. The van der Waals surface area contributed by atoms with Crippen molar-refractivity contribution in [3.8, 4) is 6.07 Å². The lowest BCUT2D eigenvalue weighted by molar-refractivity contribution is 0.640. The number of hydrogen-bond donors (Lipinski definition) is 0. The number of hydrogen-bond acceptors (Lipinski definition) is 1. The van der Waals surface area contributed by atoms with Crippen molar-refractivity contribution >= 4 is 0 Å². The van der Waals surface area contributed by atoms with Gasteiger partial charge in [-0.2, -0.15) is 5.26 Å². The molecule has 0 amide bonds. The fraction of sp³-hybridized carbons (Fsp3) is 0.933. The second kappa shape index (κ2) is 20.0. The maximum Gasteiger partial charge on any atom is 0.0621 e. The van der Waals surface area contributed by atoms with Gasteiger partial charge in [-0.05, 0) is 6.42 Å². The molecule has 0 atom stereocenters. The van der Waals surface area contributed by atoms with Crippen LogP contribution < -0.4 is 0 Å². The lowest BCUT2D eigenvalue weighted by Gasteiger charge is -1.92. The lowest BCUT2D eigenvalue weighted by Crippen LogP contribution is -1.75. The van der Waals surface area contributed by atoms with Gasteiger partial charge in [-0.15, -0.1) is 0 Å². The highest BCUT2D eigenvalue weighted by Crippen LogP contribution is 2.03. The molecule has 0 aliphatic rings. The van der Waals surface area contributed by atoms with Crippen LogP contribution in [0.1, 0.15) is 91.4 Å². The molecule has 0 rings (SSSR count). The number of rotatable bonds is 9. The van der Waals surface area contributed by atoms with Crippen molar-refractivity contribution in [2.24, 2.45) is 0 Å². The van der Waals surface area contributed by atoms with E-state index in [0.29, 0.717) is 0 Å². The van der Waals surface area contributed by atoms with Crippen molar-refractivity contribution in [3.63, 3.8) is 0 Å². The van der Waals surface area contributed by atoms with Crippen LogP contribution in [0.3, 0.4) is 0 Å². The van der Waals surface area contributed by atoms with Crippen molar-refractivity contribution in [1.82, 2.24) is 0 Å². The topological polar surface area (TPSA) is 23.8 Å². The first-order valence-corrected chi connectivity index (χ1v) is 7.20. The molecule has 0 radical (unpaired) electrons. The summed E-state index contributed by atoms with van der Waals surface area (Å²) in [4.78, 5) is 0. The molecule has 0 aromatic carbocycles. The van der Waals surface area contributed by atoms with E-state index in [0.717, 1.165) is 12.8 Å². The Bertz CT molecular complexity index is 131. The van der Waals surface area contributed by atoms with Crippen LogP contribution in [0.5, 0.6) is 0 Å². The Hall–Kier alpha value is -0.510. The van der Waals surface area contributed by atoms with Crippen molar-refractivity contribution in [3.05, 3.63) is 0 Å². The molecule has 0 aliphatic heterocycles. The Morgan fingerprint density at radius 2 is 1.00 bits per heavy atom. The SMILES string of the molecule is CCCCCCC.CCCCCCCC#N. The van der Waals surface area contributed by atoms with Gasteiger partial charge in [0, 0.05) is 6.42 Å². The molecule has 0 heterocycles. The Morgan fingerprint density at radius 1 is 0.625 bits per heavy atom. The fourth-order valence-corrected chi connectivity index (χ4v) is 1.48. The third-order valence-electron chi connectivity index (χ3n) is 2.60. The molecule has 0 spiro atoms. The average molecular weight is 225 g/mol. The van der Waals surface area contributed by atoms with E-state index in [1.807, 2.05) is 0 Å². The van der Waals surface area contributed by atoms with E-state index in [4.69, 9.17) is 5.26 Å². The van der Waals surface area contributed by atoms with Crippen LogP contribution in [0.15, 0.2) is 0 Å². The lowest BCUT2D eigenvalue weighted by atomic mass is 10.1. The quantitative estimate of drug-likeness (QED) is 0.452. The number of unbranched alkanes of at least 4 members (excludes halogenated alkanes) is 9. The number of nitrogens with zero attached hydrogens (tertiary/aromatic N) is 1. The van der Waals surface area contributed by atoms with Gasteiger partial charge >= 0.3 is 0 Å². The van der Waals surface area contributed by atoms with Crippen molar-refractivity contribution in [1.29, 1.82) is 5.26 Å². The van der Waals surface area contributed by atoms with E-state index in [9.17, 15) is 0 Å². The van der Waals surface area contributed by atoms with E-state index < -0.39 is 0 Å². The summed E-state index contributed by atoms with van der Waals surface area (Å²) in [6.07, 6.45) is 14.0. The molecule has 0 aromatic rings. The molecule has 0 aliphatic carbocycles. The van der Waals surface area contributed by atoms with Crippen LogP contribution in [0.25, 0.3) is 0 Å². The highest BCUT2D eigenvalue weighted by atomic mass is 14.2. The van der Waals surface area contributed by atoms with Crippen molar-refractivity contribution in [2.45, 2.75) is 91.4 Å². The molecule has 0 unspecified atom stereocenters. The maximum atomic E-state index is 8.17. The Labute approximate surface area is 103 Å². The van der Waals surface area contributed by atoms with Crippen molar-refractivity contribution < 1.29 is 0 Å². The standard InChI is InChI=1S/C8H15N.C7H16/c1-2-3-4-5-6-7-8-9;1-3-5-7-6-4-2/h2-7H2,1H3;3-7H2,1-2H3. The van der Waals surface area contributed by atoms with Gasteiger partial charge < -0.3 is 0 Å². The van der Waals surface area contributed by atoms with Crippen LogP contribution in [0, 0.1) is 11.3 Å². The zero-order chi connectivity index (χ0) is 12.5. The summed E-state index contributed by atoms with van der Waals surface area (Å²) >= 11 is 0. The van der Waals surface area contributed by atoms with E-state index in [2.05, 4.69) is 26.8 Å². The molecule has 0 saturated carbocycles. The van der Waals surface area contributed by atoms with Crippen LogP contribution in [0.4, 0.5) is 0 Å². The molecule has 96 valence electrons. The molecule has 0 fully saturated rings.